The molecule has 2 aromatic carbocycles. The van der Waals surface area contributed by atoms with Gasteiger partial charge in [0, 0.05) is 5.56 Å². The third kappa shape index (κ3) is 5.04. The Morgan fingerprint density at radius 3 is 2.29 bits per heavy atom. The number of carbonyl (C=O) groups excluding carboxylic acids is 1. The summed E-state index contributed by atoms with van der Waals surface area (Å²) in [7, 11) is -3.75. The molecule has 0 aliphatic rings. The lowest BCUT2D eigenvalue weighted by Gasteiger charge is -2.05. The van der Waals surface area contributed by atoms with E-state index in [0.717, 1.165) is 0 Å². The van der Waals surface area contributed by atoms with Crippen LogP contribution in [0.5, 0.6) is 0 Å². The number of benzene rings is 2. The Kier molecular flexibility index (Phi) is 6.33. The first-order valence-corrected chi connectivity index (χ1v) is 8.95. The van der Waals surface area contributed by atoms with E-state index in [9.17, 15) is 13.2 Å². The first-order chi connectivity index (χ1) is 11.4. The molecule has 0 fully saturated rings. The Morgan fingerprint density at radius 2 is 1.67 bits per heavy atom. The van der Waals surface area contributed by atoms with Crippen LogP contribution in [0.4, 0.5) is 0 Å². The molecular formula is C15H13Cl2N3O3S. The summed E-state index contributed by atoms with van der Waals surface area (Å²) >= 11 is 11.9. The normalized spacial score (nSPS) is 11.6. The van der Waals surface area contributed by atoms with Gasteiger partial charge in [-0.05, 0) is 24.3 Å². The fraction of sp³-hybridized carbons (Fsp3) is 0.0667. The van der Waals surface area contributed by atoms with Gasteiger partial charge in [0.25, 0.3) is 5.91 Å². The van der Waals surface area contributed by atoms with E-state index in [-0.39, 0.29) is 4.90 Å². The number of nitrogens with one attached hydrogen (secondary N) is 2. The third-order valence-corrected chi connectivity index (χ3v) is 4.94. The second kappa shape index (κ2) is 8.25. The molecule has 0 saturated heterocycles. The highest BCUT2D eigenvalue weighted by Gasteiger charge is 2.14. The lowest BCUT2D eigenvalue weighted by Crippen LogP contribution is -2.34. The predicted molar refractivity (Wildman–Crippen MR) is 93.8 cm³/mol. The van der Waals surface area contributed by atoms with E-state index in [1.807, 2.05) is 0 Å². The maximum atomic E-state index is 12.0. The van der Waals surface area contributed by atoms with Crippen molar-refractivity contribution in [2.75, 3.05) is 6.54 Å². The molecule has 2 rings (SSSR count). The number of halogens is 2. The Balaban J connectivity index is 1.91. The minimum Gasteiger partial charge on any atom is -0.272 e. The molecule has 0 aliphatic carbocycles. The van der Waals surface area contributed by atoms with Crippen LogP contribution in [0.2, 0.25) is 10.0 Å². The van der Waals surface area contributed by atoms with Crippen LogP contribution in [0.25, 0.3) is 0 Å². The van der Waals surface area contributed by atoms with E-state index in [0.29, 0.717) is 15.6 Å². The summed E-state index contributed by atoms with van der Waals surface area (Å²) in [6.07, 6.45) is 1.29. The van der Waals surface area contributed by atoms with Crippen molar-refractivity contribution in [3.05, 3.63) is 64.1 Å². The summed E-state index contributed by atoms with van der Waals surface area (Å²) in [5.41, 5.74) is 2.65. The number of carbonyl (C=O) groups is 1. The van der Waals surface area contributed by atoms with Gasteiger partial charge in [0.05, 0.1) is 27.7 Å². The topological polar surface area (TPSA) is 87.6 Å². The molecular weight excluding hydrogens is 373 g/mol. The van der Waals surface area contributed by atoms with Crippen molar-refractivity contribution < 1.29 is 13.2 Å². The smallest absolute Gasteiger partial charge is 0.255 e. The van der Waals surface area contributed by atoms with Crippen molar-refractivity contribution in [1.29, 1.82) is 0 Å². The van der Waals surface area contributed by atoms with E-state index >= 15 is 0 Å². The maximum Gasteiger partial charge on any atom is 0.255 e. The second-order valence-electron chi connectivity index (χ2n) is 4.57. The number of amides is 1. The Hall–Kier alpha value is -1.93. The molecule has 6 nitrogen and oxygen atoms in total. The van der Waals surface area contributed by atoms with Gasteiger partial charge in [0.15, 0.2) is 0 Å². The van der Waals surface area contributed by atoms with Crippen molar-refractivity contribution in [2.45, 2.75) is 4.90 Å². The minimum atomic E-state index is -3.75. The molecule has 9 heteroatoms. The highest BCUT2D eigenvalue weighted by Crippen LogP contribution is 2.21. The summed E-state index contributed by atoms with van der Waals surface area (Å²) in [6.45, 7) is -0.454. The van der Waals surface area contributed by atoms with Crippen LogP contribution in [-0.4, -0.2) is 27.1 Å². The monoisotopic (exact) mass is 385 g/mol. The zero-order chi connectivity index (χ0) is 17.6. The van der Waals surface area contributed by atoms with Crippen molar-refractivity contribution in [3.63, 3.8) is 0 Å². The van der Waals surface area contributed by atoms with E-state index in [1.54, 1.807) is 36.4 Å². The van der Waals surface area contributed by atoms with Crippen molar-refractivity contribution >= 4 is 45.3 Å². The number of hydrogen-bond acceptors (Lipinski definition) is 4. The largest absolute Gasteiger partial charge is 0.272 e. The third-order valence-electron chi connectivity index (χ3n) is 2.86. The standard InChI is InChI=1S/C15H13Cl2N3O3S/c16-13-7-4-8-14(17)12(13)9-18-20-15(21)10-19-24(22,23)11-5-2-1-3-6-11/h1-9,19H,10H2,(H,20,21)/b18-9+. The van der Waals surface area contributed by atoms with E-state index in [1.165, 1.54) is 18.3 Å². The maximum absolute atomic E-state index is 12.0. The number of sulfonamides is 1. The molecule has 24 heavy (non-hydrogen) atoms. The van der Waals surface area contributed by atoms with Gasteiger partial charge in [-0.15, -0.1) is 0 Å². The number of rotatable bonds is 6. The first-order valence-electron chi connectivity index (χ1n) is 6.71. The zero-order valence-corrected chi connectivity index (χ0v) is 14.6. The number of hydrogen-bond donors (Lipinski definition) is 2. The quantitative estimate of drug-likeness (QED) is 0.591. The molecule has 126 valence electrons. The molecule has 0 atom stereocenters. The molecule has 0 radical (unpaired) electrons. The fourth-order valence-corrected chi connectivity index (χ4v) is 3.18. The fourth-order valence-electron chi connectivity index (χ4n) is 1.69. The van der Waals surface area contributed by atoms with Gasteiger partial charge >= 0.3 is 0 Å². The molecule has 0 heterocycles. The average molecular weight is 386 g/mol. The van der Waals surface area contributed by atoms with Gasteiger partial charge in [0.1, 0.15) is 0 Å². The van der Waals surface area contributed by atoms with Crippen LogP contribution in [-0.2, 0) is 14.8 Å². The van der Waals surface area contributed by atoms with E-state index in [4.69, 9.17) is 23.2 Å². The lowest BCUT2D eigenvalue weighted by atomic mass is 10.2. The molecule has 0 saturated carbocycles. The summed E-state index contributed by atoms with van der Waals surface area (Å²) < 4.78 is 26.1. The summed E-state index contributed by atoms with van der Waals surface area (Å²) in [5.74, 6) is -0.631. The lowest BCUT2D eigenvalue weighted by molar-refractivity contribution is -0.119. The molecule has 2 aromatic rings. The van der Waals surface area contributed by atoms with Crippen molar-refractivity contribution in [1.82, 2.24) is 10.1 Å². The molecule has 1 amide bonds. The Labute approximate surface area is 149 Å². The summed E-state index contributed by atoms with van der Waals surface area (Å²) in [5, 5.41) is 4.47. The summed E-state index contributed by atoms with van der Waals surface area (Å²) in [4.78, 5) is 11.7. The summed E-state index contributed by atoms with van der Waals surface area (Å²) in [6, 6.07) is 12.7. The van der Waals surface area contributed by atoms with Gasteiger partial charge in [-0.3, -0.25) is 4.79 Å². The second-order valence-corrected chi connectivity index (χ2v) is 7.15. The van der Waals surface area contributed by atoms with Crippen LogP contribution < -0.4 is 10.1 Å². The molecule has 2 N–H and O–H groups in total. The Morgan fingerprint density at radius 1 is 1.04 bits per heavy atom. The minimum absolute atomic E-state index is 0.0733. The molecule has 0 aliphatic heterocycles. The van der Waals surface area contributed by atoms with E-state index < -0.39 is 22.5 Å². The van der Waals surface area contributed by atoms with Crippen LogP contribution in [0, 0.1) is 0 Å². The van der Waals surface area contributed by atoms with Crippen molar-refractivity contribution in [3.8, 4) is 0 Å². The van der Waals surface area contributed by atoms with Gasteiger partial charge in [-0.25, -0.2) is 18.6 Å². The first kappa shape index (κ1) is 18.4. The molecule has 0 bridgehead atoms. The Bertz CT molecular complexity index is 835. The number of hydrazone groups is 1. The predicted octanol–water partition coefficient (Wildman–Crippen LogP) is 2.42. The van der Waals surface area contributed by atoms with Gasteiger partial charge in [0.2, 0.25) is 10.0 Å². The SMILES string of the molecule is O=C(CNS(=O)(=O)c1ccccc1)N/N=C/c1c(Cl)cccc1Cl. The highest BCUT2D eigenvalue weighted by atomic mass is 35.5. The van der Waals surface area contributed by atoms with Gasteiger partial charge in [-0.2, -0.15) is 5.10 Å². The van der Waals surface area contributed by atoms with Crippen molar-refractivity contribution in [2.24, 2.45) is 5.10 Å². The number of nitrogens with zero attached hydrogens (tertiary/aromatic N) is 1. The van der Waals surface area contributed by atoms with Crippen LogP contribution >= 0.6 is 23.2 Å². The van der Waals surface area contributed by atoms with Crippen LogP contribution in [0.3, 0.4) is 0 Å². The zero-order valence-electron chi connectivity index (χ0n) is 12.2. The molecule has 0 spiro atoms. The van der Waals surface area contributed by atoms with E-state index in [2.05, 4.69) is 15.2 Å². The van der Waals surface area contributed by atoms with Gasteiger partial charge < -0.3 is 0 Å². The average Bonchev–Trinajstić information content (AvgIpc) is 2.56. The van der Waals surface area contributed by atoms with Crippen LogP contribution in [0.15, 0.2) is 58.5 Å². The molecule has 0 aromatic heterocycles. The van der Waals surface area contributed by atoms with Gasteiger partial charge in [-0.1, -0.05) is 47.5 Å². The van der Waals surface area contributed by atoms with Crippen LogP contribution in [0.1, 0.15) is 5.56 Å². The highest BCUT2D eigenvalue weighted by molar-refractivity contribution is 7.89. The molecule has 0 unspecified atom stereocenters.